The first kappa shape index (κ1) is 14.9. The van der Waals surface area contributed by atoms with Crippen molar-refractivity contribution in [1.29, 1.82) is 0 Å². The van der Waals surface area contributed by atoms with Crippen LogP contribution >= 0.6 is 0 Å². The number of hydrogen-bond acceptors (Lipinski definition) is 3. The minimum atomic E-state index is 0.102. The number of ether oxygens (including phenoxy) is 2. The summed E-state index contributed by atoms with van der Waals surface area (Å²) in [6.07, 6.45) is 1.65. The SMILES string of the molecule is Cc1ccc(OCCNC(=O)C2CCOCC2)c(C)c1. The molecule has 0 aromatic heterocycles. The van der Waals surface area contributed by atoms with Gasteiger partial charge in [0.25, 0.3) is 0 Å². The van der Waals surface area contributed by atoms with Gasteiger partial charge in [-0.2, -0.15) is 0 Å². The van der Waals surface area contributed by atoms with Crippen LogP contribution in [-0.2, 0) is 9.53 Å². The summed E-state index contributed by atoms with van der Waals surface area (Å²) in [5, 5.41) is 2.93. The zero-order valence-electron chi connectivity index (χ0n) is 12.3. The van der Waals surface area contributed by atoms with Crippen molar-refractivity contribution in [3.63, 3.8) is 0 Å². The lowest BCUT2D eigenvalue weighted by molar-refractivity contribution is -0.127. The van der Waals surface area contributed by atoms with E-state index in [1.807, 2.05) is 19.1 Å². The Balaban J connectivity index is 1.69. The van der Waals surface area contributed by atoms with Crippen LogP contribution in [0.5, 0.6) is 5.75 Å². The predicted octanol–water partition coefficient (Wildman–Crippen LogP) is 2.23. The molecule has 0 saturated carbocycles. The second-order valence-electron chi connectivity index (χ2n) is 5.30. The standard InChI is InChI=1S/C16H23NO3/c1-12-3-4-15(13(2)11-12)20-10-7-17-16(18)14-5-8-19-9-6-14/h3-4,11,14H,5-10H2,1-2H3,(H,17,18). The van der Waals surface area contributed by atoms with Crippen molar-refractivity contribution in [2.45, 2.75) is 26.7 Å². The van der Waals surface area contributed by atoms with Crippen molar-refractivity contribution in [1.82, 2.24) is 5.32 Å². The van der Waals surface area contributed by atoms with Gasteiger partial charge in [0.1, 0.15) is 12.4 Å². The van der Waals surface area contributed by atoms with Crippen molar-refractivity contribution in [2.75, 3.05) is 26.4 Å². The molecule has 0 radical (unpaired) electrons. The number of hydrogen-bond donors (Lipinski definition) is 1. The number of benzene rings is 1. The summed E-state index contributed by atoms with van der Waals surface area (Å²) in [7, 11) is 0. The lowest BCUT2D eigenvalue weighted by atomic mass is 9.99. The molecule has 0 bridgehead atoms. The lowest BCUT2D eigenvalue weighted by Gasteiger charge is -2.21. The normalized spacial score (nSPS) is 15.9. The molecule has 110 valence electrons. The maximum absolute atomic E-state index is 11.9. The number of carbonyl (C=O) groups excluding carboxylic acids is 1. The first-order valence-corrected chi connectivity index (χ1v) is 7.22. The predicted molar refractivity (Wildman–Crippen MR) is 78.0 cm³/mol. The van der Waals surface area contributed by atoms with E-state index >= 15 is 0 Å². The fraction of sp³-hybridized carbons (Fsp3) is 0.562. The van der Waals surface area contributed by atoms with Crippen molar-refractivity contribution < 1.29 is 14.3 Å². The Morgan fingerprint density at radius 1 is 1.35 bits per heavy atom. The Bertz CT molecular complexity index is 453. The highest BCUT2D eigenvalue weighted by molar-refractivity contribution is 5.78. The zero-order valence-corrected chi connectivity index (χ0v) is 12.3. The second-order valence-corrected chi connectivity index (χ2v) is 5.30. The van der Waals surface area contributed by atoms with E-state index < -0.39 is 0 Å². The van der Waals surface area contributed by atoms with Crippen molar-refractivity contribution >= 4 is 5.91 Å². The number of rotatable bonds is 5. The van der Waals surface area contributed by atoms with Crippen LogP contribution in [0.2, 0.25) is 0 Å². The van der Waals surface area contributed by atoms with Crippen LogP contribution in [0.25, 0.3) is 0 Å². The molecule has 1 N–H and O–H groups in total. The Labute approximate surface area is 120 Å². The van der Waals surface area contributed by atoms with E-state index in [0.717, 1.165) is 24.2 Å². The van der Waals surface area contributed by atoms with Gasteiger partial charge in [0.15, 0.2) is 0 Å². The topological polar surface area (TPSA) is 47.6 Å². The van der Waals surface area contributed by atoms with Gasteiger partial charge in [0.05, 0.1) is 6.54 Å². The molecule has 2 rings (SSSR count). The highest BCUT2D eigenvalue weighted by Gasteiger charge is 2.20. The number of aryl methyl sites for hydroxylation is 2. The third kappa shape index (κ3) is 4.23. The number of carbonyl (C=O) groups is 1. The van der Waals surface area contributed by atoms with Crippen LogP contribution in [0.1, 0.15) is 24.0 Å². The first-order chi connectivity index (χ1) is 9.66. The molecular weight excluding hydrogens is 254 g/mol. The summed E-state index contributed by atoms with van der Waals surface area (Å²) in [6, 6.07) is 6.10. The summed E-state index contributed by atoms with van der Waals surface area (Å²) >= 11 is 0. The Morgan fingerprint density at radius 2 is 2.10 bits per heavy atom. The highest BCUT2D eigenvalue weighted by Crippen LogP contribution is 2.18. The molecule has 0 atom stereocenters. The summed E-state index contributed by atoms with van der Waals surface area (Å²) in [5.74, 6) is 1.11. The highest BCUT2D eigenvalue weighted by atomic mass is 16.5. The van der Waals surface area contributed by atoms with Gasteiger partial charge < -0.3 is 14.8 Å². The maximum Gasteiger partial charge on any atom is 0.223 e. The molecule has 0 unspecified atom stereocenters. The Morgan fingerprint density at radius 3 is 2.80 bits per heavy atom. The number of nitrogens with one attached hydrogen (secondary N) is 1. The van der Waals surface area contributed by atoms with Gasteiger partial charge in [-0.3, -0.25) is 4.79 Å². The summed E-state index contributed by atoms with van der Waals surface area (Å²) in [4.78, 5) is 11.9. The van der Waals surface area contributed by atoms with E-state index in [4.69, 9.17) is 9.47 Å². The molecule has 1 saturated heterocycles. The van der Waals surface area contributed by atoms with E-state index in [9.17, 15) is 4.79 Å². The van der Waals surface area contributed by atoms with E-state index in [1.165, 1.54) is 5.56 Å². The minimum Gasteiger partial charge on any atom is -0.491 e. The molecule has 20 heavy (non-hydrogen) atoms. The van der Waals surface area contributed by atoms with Crippen molar-refractivity contribution in [3.05, 3.63) is 29.3 Å². The average Bonchev–Trinajstić information content (AvgIpc) is 2.46. The van der Waals surface area contributed by atoms with Crippen LogP contribution in [-0.4, -0.2) is 32.3 Å². The smallest absolute Gasteiger partial charge is 0.223 e. The molecule has 1 amide bonds. The zero-order chi connectivity index (χ0) is 14.4. The Hall–Kier alpha value is -1.55. The third-order valence-corrected chi connectivity index (χ3v) is 3.58. The molecule has 0 aliphatic carbocycles. The molecule has 1 aliphatic heterocycles. The monoisotopic (exact) mass is 277 g/mol. The summed E-state index contributed by atoms with van der Waals surface area (Å²) in [5.41, 5.74) is 2.35. The molecule has 4 nitrogen and oxygen atoms in total. The van der Waals surface area contributed by atoms with Crippen molar-refractivity contribution in [3.8, 4) is 5.75 Å². The van der Waals surface area contributed by atoms with Gasteiger partial charge in [-0.15, -0.1) is 0 Å². The average molecular weight is 277 g/mol. The third-order valence-electron chi connectivity index (χ3n) is 3.58. The van der Waals surface area contributed by atoms with E-state index in [1.54, 1.807) is 0 Å². The lowest BCUT2D eigenvalue weighted by Crippen LogP contribution is -2.36. The first-order valence-electron chi connectivity index (χ1n) is 7.22. The summed E-state index contributed by atoms with van der Waals surface area (Å²) < 4.78 is 10.9. The van der Waals surface area contributed by atoms with Crippen LogP contribution in [0, 0.1) is 19.8 Å². The quantitative estimate of drug-likeness (QED) is 0.840. The van der Waals surface area contributed by atoms with Crippen LogP contribution < -0.4 is 10.1 Å². The summed E-state index contributed by atoms with van der Waals surface area (Å²) in [6.45, 7) is 6.52. The van der Waals surface area contributed by atoms with Gasteiger partial charge in [-0.1, -0.05) is 17.7 Å². The van der Waals surface area contributed by atoms with Gasteiger partial charge in [-0.05, 0) is 38.3 Å². The van der Waals surface area contributed by atoms with Gasteiger partial charge in [0.2, 0.25) is 5.91 Å². The van der Waals surface area contributed by atoms with E-state index in [0.29, 0.717) is 26.4 Å². The number of amides is 1. The molecule has 0 spiro atoms. The Kier molecular flexibility index (Phi) is 5.41. The molecule has 1 aliphatic rings. The maximum atomic E-state index is 11.9. The largest absolute Gasteiger partial charge is 0.491 e. The second kappa shape index (κ2) is 7.29. The molecule has 1 fully saturated rings. The van der Waals surface area contributed by atoms with Crippen LogP contribution in [0.3, 0.4) is 0 Å². The van der Waals surface area contributed by atoms with Crippen LogP contribution in [0.15, 0.2) is 18.2 Å². The molecule has 1 heterocycles. The molecule has 4 heteroatoms. The van der Waals surface area contributed by atoms with Gasteiger partial charge in [-0.25, -0.2) is 0 Å². The van der Waals surface area contributed by atoms with E-state index in [2.05, 4.69) is 18.3 Å². The fourth-order valence-corrected chi connectivity index (χ4v) is 2.40. The molecule has 1 aromatic rings. The molecule has 1 aromatic carbocycles. The fourth-order valence-electron chi connectivity index (χ4n) is 2.40. The molecular formula is C16H23NO3. The van der Waals surface area contributed by atoms with Gasteiger partial charge in [0, 0.05) is 19.1 Å². The van der Waals surface area contributed by atoms with Crippen molar-refractivity contribution in [2.24, 2.45) is 5.92 Å². The minimum absolute atomic E-state index is 0.102. The van der Waals surface area contributed by atoms with E-state index in [-0.39, 0.29) is 11.8 Å². The van der Waals surface area contributed by atoms with Crippen LogP contribution in [0.4, 0.5) is 0 Å². The van der Waals surface area contributed by atoms with Gasteiger partial charge >= 0.3 is 0 Å².